The third-order valence-electron chi connectivity index (χ3n) is 4.87. The molecule has 4 rings (SSSR count). The van der Waals surface area contributed by atoms with Crippen LogP contribution in [0.1, 0.15) is 35.8 Å². The SMILES string of the molecule is Cc1ccc(C=CC(=O)N2CCCC2c2nc3ccccc3[nH]2)cc1Cl. The summed E-state index contributed by atoms with van der Waals surface area (Å²) in [4.78, 5) is 22.7. The summed E-state index contributed by atoms with van der Waals surface area (Å²) in [6.45, 7) is 2.71. The first kappa shape index (κ1) is 16.9. The lowest BCUT2D eigenvalue weighted by atomic mass is 10.1. The molecule has 0 radical (unpaired) electrons. The Morgan fingerprint density at radius 1 is 1.31 bits per heavy atom. The summed E-state index contributed by atoms with van der Waals surface area (Å²) < 4.78 is 0. The van der Waals surface area contributed by atoms with Crippen molar-refractivity contribution in [3.05, 3.63) is 70.5 Å². The molecule has 0 bridgehead atoms. The third kappa shape index (κ3) is 3.25. The first-order valence-corrected chi connectivity index (χ1v) is 9.19. The lowest BCUT2D eigenvalue weighted by Gasteiger charge is -2.21. The molecule has 2 heterocycles. The van der Waals surface area contributed by atoms with Gasteiger partial charge in [0.1, 0.15) is 5.82 Å². The van der Waals surface area contributed by atoms with Gasteiger partial charge in [0.15, 0.2) is 0 Å². The maximum atomic E-state index is 12.7. The molecule has 4 nitrogen and oxygen atoms in total. The number of fused-ring (bicyclic) bond motifs is 1. The van der Waals surface area contributed by atoms with Gasteiger partial charge < -0.3 is 9.88 Å². The Bertz CT molecular complexity index is 959. The Hall–Kier alpha value is -2.59. The maximum Gasteiger partial charge on any atom is 0.247 e. The molecule has 1 aromatic heterocycles. The van der Waals surface area contributed by atoms with E-state index < -0.39 is 0 Å². The number of aromatic amines is 1. The highest BCUT2D eigenvalue weighted by Crippen LogP contribution is 2.31. The number of para-hydroxylation sites is 2. The van der Waals surface area contributed by atoms with Crippen LogP contribution in [0.15, 0.2) is 48.5 Å². The second-order valence-electron chi connectivity index (χ2n) is 6.67. The van der Waals surface area contributed by atoms with Gasteiger partial charge in [0.05, 0.1) is 17.1 Å². The van der Waals surface area contributed by atoms with Crippen molar-refractivity contribution < 1.29 is 4.79 Å². The highest BCUT2D eigenvalue weighted by atomic mass is 35.5. The number of aryl methyl sites for hydroxylation is 1. The average Bonchev–Trinajstić information content (AvgIpc) is 3.28. The van der Waals surface area contributed by atoms with Gasteiger partial charge in [0.25, 0.3) is 0 Å². The molecule has 1 amide bonds. The molecule has 3 aromatic rings. The van der Waals surface area contributed by atoms with Gasteiger partial charge in [-0.05, 0) is 55.2 Å². The molecule has 26 heavy (non-hydrogen) atoms. The van der Waals surface area contributed by atoms with Crippen LogP contribution in [0.25, 0.3) is 17.1 Å². The smallest absolute Gasteiger partial charge is 0.247 e. The molecule has 1 unspecified atom stereocenters. The molecule has 0 spiro atoms. The number of rotatable bonds is 3. The van der Waals surface area contributed by atoms with Crippen molar-refractivity contribution in [1.82, 2.24) is 14.9 Å². The van der Waals surface area contributed by atoms with Crippen molar-refractivity contribution in [3.8, 4) is 0 Å². The van der Waals surface area contributed by atoms with Crippen LogP contribution in [0.3, 0.4) is 0 Å². The van der Waals surface area contributed by atoms with E-state index in [1.165, 1.54) is 0 Å². The Kier molecular flexibility index (Phi) is 4.51. The fourth-order valence-corrected chi connectivity index (χ4v) is 3.61. The van der Waals surface area contributed by atoms with Crippen molar-refractivity contribution in [2.75, 3.05) is 6.54 Å². The Balaban J connectivity index is 1.54. The molecule has 2 aromatic carbocycles. The lowest BCUT2D eigenvalue weighted by Crippen LogP contribution is -2.29. The Labute approximate surface area is 157 Å². The Morgan fingerprint density at radius 3 is 2.96 bits per heavy atom. The molecule has 132 valence electrons. The van der Waals surface area contributed by atoms with Crippen LogP contribution in [0.2, 0.25) is 5.02 Å². The minimum atomic E-state index is 0.00107. The quantitative estimate of drug-likeness (QED) is 0.671. The predicted octanol–water partition coefficient (Wildman–Crippen LogP) is 4.90. The van der Waals surface area contributed by atoms with Gasteiger partial charge in [-0.1, -0.05) is 35.9 Å². The molecule has 0 aliphatic carbocycles. The number of hydrogen-bond donors (Lipinski definition) is 1. The van der Waals surface area contributed by atoms with Crippen molar-refractivity contribution in [2.24, 2.45) is 0 Å². The number of amides is 1. The number of nitrogens with one attached hydrogen (secondary N) is 1. The van der Waals surface area contributed by atoms with E-state index >= 15 is 0 Å². The second-order valence-corrected chi connectivity index (χ2v) is 7.08. The molecule has 1 aliphatic heterocycles. The number of carbonyl (C=O) groups is 1. The van der Waals surface area contributed by atoms with E-state index in [1.807, 2.05) is 60.4 Å². The minimum Gasteiger partial charge on any atom is -0.340 e. The van der Waals surface area contributed by atoms with E-state index in [4.69, 9.17) is 11.6 Å². The summed E-state index contributed by atoms with van der Waals surface area (Å²) >= 11 is 6.16. The van der Waals surface area contributed by atoms with Gasteiger partial charge >= 0.3 is 0 Å². The second kappa shape index (κ2) is 6.96. The van der Waals surface area contributed by atoms with E-state index in [1.54, 1.807) is 6.08 Å². The van der Waals surface area contributed by atoms with Crippen LogP contribution in [-0.4, -0.2) is 27.3 Å². The number of nitrogens with zero attached hydrogens (tertiary/aromatic N) is 2. The number of likely N-dealkylation sites (tertiary alicyclic amines) is 1. The summed E-state index contributed by atoms with van der Waals surface area (Å²) in [6, 6.07) is 13.7. The zero-order valence-electron chi connectivity index (χ0n) is 14.6. The van der Waals surface area contributed by atoms with Gasteiger partial charge in [0.2, 0.25) is 5.91 Å². The van der Waals surface area contributed by atoms with Gasteiger partial charge in [-0.2, -0.15) is 0 Å². The fourth-order valence-electron chi connectivity index (χ4n) is 3.42. The standard InChI is InChI=1S/C21H20ClN3O/c1-14-8-9-15(13-16(14)22)10-11-20(26)25-12-4-7-19(25)21-23-17-5-2-3-6-18(17)24-21/h2-3,5-6,8-11,13,19H,4,7,12H2,1H3,(H,23,24). The molecule has 0 saturated carbocycles. The van der Waals surface area contributed by atoms with E-state index in [9.17, 15) is 4.79 Å². The molecule has 1 atom stereocenters. The van der Waals surface area contributed by atoms with E-state index in [0.29, 0.717) is 5.02 Å². The van der Waals surface area contributed by atoms with Crippen LogP contribution >= 0.6 is 11.6 Å². The molecule has 1 saturated heterocycles. The summed E-state index contributed by atoms with van der Waals surface area (Å²) in [5, 5.41) is 0.709. The number of benzene rings is 2. The Morgan fingerprint density at radius 2 is 2.15 bits per heavy atom. The lowest BCUT2D eigenvalue weighted by molar-refractivity contribution is -0.126. The first-order valence-electron chi connectivity index (χ1n) is 8.81. The molecule has 1 N–H and O–H groups in total. The van der Waals surface area contributed by atoms with Gasteiger partial charge in [-0.15, -0.1) is 0 Å². The number of imidazole rings is 1. The van der Waals surface area contributed by atoms with Crippen LogP contribution < -0.4 is 0 Å². The summed E-state index contributed by atoms with van der Waals surface area (Å²) in [5.74, 6) is 0.869. The van der Waals surface area contributed by atoms with Crippen LogP contribution in [-0.2, 0) is 4.79 Å². The molecule has 1 fully saturated rings. The van der Waals surface area contributed by atoms with Crippen molar-refractivity contribution in [1.29, 1.82) is 0 Å². The molecular weight excluding hydrogens is 346 g/mol. The number of aromatic nitrogens is 2. The highest BCUT2D eigenvalue weighted by molar-refractivity contribution is 6.31. The zero-order valence-corrected chi connectivity index (χ0v) is 15.3. The van der Waals surface area contributed by atoms with Crippen LogP contribution in [0.4, 0.5) is 0 Å². The largest absolute Gasteiger partial charge is 0.340 e. The molecule has 1 aliphatic rings. The van der Waals surface area contributed by atoms with E-state index in [0.717, 1.165) is 47.4 Å². The number of H-pyrrole nitrogens is 1. The number of carbonyl (C=O) groups excluding carboxylic acids is 1. The maximum absolute atomic E-state index is 12.7. The summed E-state index contributed by atoms with van der Waals surface area (Å²) in [7, 11) is 0. The normalized spacial score (nSPS) is 17.5. The fraction of sp³-hybridized carbons (Fsp3) is 0.238. The van der Waals surface area contributed by atoms with Gasteiger partial charge in [-0.25, -0.2) is 4.98 Å². The minimum absolute atomic E-state index is 0.00107. The van der Waals surface area contributed by atoms with Crippen LogP contribution in [0.5, 0.6) is 0 Å². The number of hydrogen-bond acceptors (Lipinski definition) is 2. The highest BCUT2D eigenvalue weighted by Gasteiger charge is 2.31. The monoisotopic (exact) mass is 365 g/mol. The summed E-state index contributed by atoms with van der Waals surface area (Å²) in [6.07, 6.45) is 5.36. The van der Waals surface area contributed by atoms with E-state index in [-0.39, 0.29) is 11.9 Å². The first-order chi connectivity index (χ1) is 12.6. The van der Waals surface area contributed by atoms with E-state index in [2.05, 4.69) is 9.97 Å². The average molecular weight is 366 g/mol. The van der Waals surface area contributed by atoms with Gasteiger partial charge in [-0.3, -0.25) is 4.79 Å². The molecular formula is C21H20ClN3O. The topological polar surface area (TPSA) is 49.0 Å². The number of halogens is 1. The summed E-state index contributed by atoms with van der Waals surface area (Å²) in [5.41, 5.74) is 3.89. The molecule has 5 heteroatoms. The van der Waals surface area contributed by atoms with Crippen molar-refractivity contribution >= 4 is 34.6 Å². The van der Waals surface area contributed by atoms with Crippen molar-refractivity contribution in [3.63, 3.8) is 0 Å². The third-order valence-corrected chi connectivity index (χ3v) is 5.28. The van der Waals surface area contributed by atoms with Crippen LogP contribution in [0, 0.1) is 6.92 Å². The zero-order chi connectivity index (χ0) is 18.1. The van der Waals surface area contributed by atoms with Crippen molar-refractivity contribution in [2.45, 2.75) is 25.8 Å². The van der Waals surface area contributed by atoms with Gasteiger partial charge in [0, 0.05) is 17.6 Å². The predicted molar refractivity (Wildman–Crippen MR) is 105 cm³/mol.